The van der Waals surface area contributed by atoms with E-state index in [1.807, 2.05) is 30.3 Å². The monoisotopic (exact) mass is 438 g/mol. The highest BCUT2D eigenvalue weighted by molar-refractivity contribution is 7.89. The van der Waals surface area contributed by atoms with Crippen molar-refractivity contribution in [1.82, 2.24) is 9.62 Å². The molecule has 0 saturated carbocycles. The Balaban J connectivity index is 1.84. The number of hydrogen-bond donors (Lipinski definition) is 1. The van der Waals surface area contributed by atoms with Crippen molar-refractivity contribution in [2.24, 2.45) is 0 Å². The zero-order valence-corrected chi connectivity index (χ0v) is 18.4. The number of carbonyl (C=O) groups excluding carboxylic acids is 1. The number of nitrogens with one attached hydrogen (secondary N) is 1. The number of ether oxygens (including phenoxy) is 1. The Labute approximate surface area is 183 Å². The van der Waals surface area contributed by atoms with Gasteiger partial charge < -0.3 is 10.1 Å². The molecule has 3 aromatic carbocycles. The zero-order chi connectivity index (χ0) is 22.3. The first-order valence-corrected chi connectivity index (χ1v) is 11.3. The molecule has 3 aromatic rings. The summed E-state index contributed by atoms with van der Waals surface area (Å²) in [6, 6.07) is 24.2. The summed E-state index contributed by atoms with van der Waals surface area (Å²) in [4.78, 5) is 12.9. The van der Waals surface area contributed by atoms with Crippen molar-refractivity contribution in [2.45, 2.75) is 23.9 Å². The number of rotatable bonds is 9. The van der Waals surface area contributed by atoms with Gasteiger partial charge in [-0.15, -0.1) is 0 Å². The molecule has 0 unspecified atom stereocenters. The van der Waals surface area contributed by atoms with Crippen LogP contribution in [0.3, 0.4) is 0 Å². The molecule has 6 nitrogen and oxygen atoms in total. The van der Waals surface area contributed by atoms with Crippen molar-refractivity contribution in [2.75, 3.05) is 14.2 Å². The molecule has 1 N–H and O–H groups in total. The molecule has 0 radical (unpaired) electrons. The van der Waals surface area contributed by atoms with Gasteiger partial charge in [0.05, 0.1) is 18.0 Å². The van der Waals surface area contributed by atoms with Gasteiger partial charge in [0.2, 0.25) is 15.9 Å². The van der Waals surface area contributed by atoms with Crippen LogP contribution in [0.5, 0.6) is 5.75 Å². The smallest absolute Gasteiger partial charge is 0.243 e. The summed E-state index contributed by atoms with van der Waals surface area (Å²) in [6.07, 6.45) is -0.0122. The van der Waals surface area contributed by atoms with E-state index in [1.54, 1.807) is 61.7 Å². The fourth-order valence-electron chi connectivity index (χ4n) is 3.25. The van der Waals surface area contributed by atoms with E-state index in [2.05, 4.69) is 5.32 Å². The molecule has 0 aliphatic carbocycles. The molecule has 3 rings (SSSR count). The topological polar surface area (TPSA) is 75.7 Å². The summed E-state index contributed by atoms with van der Waals surface area (Å²) in [5, 5.41) is 2.88. The minimum Gasteiger partial charge on any atom is -0.497 e. The van der Waals surface area contributed by atoms with Gasteiger partial charge in [-0.3, -0.25) is 4.79 Å². The highest BCUT2D eigenvalue weighted by Crippen LogP contribution is 2.30. The van der Waals surface area contributed by atoms with Crippen LogP contribution in [0, 0.1) is 0 Å². The van der Waals surface area contributed by atoms with Crippen LogP contribution >= 0.6 is 0 Å². The molecule has 0 heterocycles. The van der Waals surface area contributed by atoms with Crippen LogP contribution < -0.4 is 10.1 Å². The van der Waals surface area contributed by atoms with Gasteiger partial charge in [-0.05, 0) is 35.4 Å². The average Bonchev–Trinajstić information content (AvgIpc) is 2.82. The molecular formula is C24H26N2O4S. The van der Waals surface area contributed by atoms with E-state index in [4.69, 9.17) is 4.74 Å². The molecule has 1 amide bonds. The van der Waals surface area contributed by atoms with E-state index < -0.39 is 16.1 Å². The molecule has 0 bridgehead atoms. The lowest BCUT2D eigenvalue weighted by Crippen LogP contribution is -2.35. The Morgan fingerprint density at radius 1 is 0.935 bits per heavy atom. The molecular weight excluding hydrogens is 412 g/mol. The fraction of sp³-hybridized carbons (Fsp3) is 0.208. The summed E-state index contributed by atoms with van der Waals surface area (Å²) in [7, 11) is -0.726. The van der Waals surface area contributed by atoms with E-state index in [9.17, 15) is 13.2 Å². The molecule has 0 aromatic heterocycles. The van der Waals surface area contributed by atoms with E-state index in [1.165, 1.54) is 11.4 Å². The number of benzene rings is 3. The minimum absolute atomic E-state index is 0.0122. The summed E-state index contributed by atoms with van der Waals surface area (Å²) in [6.45, 7) is 0.379. The number of sulfonamides is 1. The van der Waals surface area contributed by atoms with Gasteiger partial charge in [0.15, 0.2) is 0 Å². The first-order valence-electron chi connectivity index (χ1n) is 9.89. The van der Waals surface area contributed by atoms with Gasteiger partial charge >= 0.3 is 0 Å². The van der Waals surface area contributed by atoms with Gasteiger partial charge in [-0.2, -0.15) is 4.31 Å². The summed E-state index contributed by atoms with van der Waals surface area (Å²) >= 11 is 0. The van der Waals surface area contributed by atoms with Crippen LogP contribution in [0.2, 0.25) is 0 Å². The predicted octanol–water partition coefficient (Wildman–Crippen LogP) is 3.76. The summed E-state index contributed by atoms with van der Waals surface area (Å²) in [5.41, 5.74) is 1.68. The van der Waals surface area contributed by atoms with Crippen molar-refractivity contribution >= 4 is 15.9 Å². The Hall–Kier alpha value is -3.16. The highest BCUT2D eigenvalue weighted by Gasteiger charge is 2.30. The SMILES string of the molecule is COc1ccc([C@H](CC(=O)NCc2ccccc2)N(C)S(=O)(=O)c2ccccc2)cc1. The molecule has 7 heteroatoms. The lowest BCUT2D eigenvalue weighted by Gasteiger charge is -2.28. The van der Waals surface area contributed by atoms with E-state index in [0.717, 1.165) is 5.56 Å². The number of nitrogens with zero attached hydrogens (tertiary/aromatic N) is 1. The number of methoxy groups -OCH3 is 1. The van der Waals surface area contributed by atoms with Crippen molar-refractivity contribution in [3.63, 3.8) is 0 Å². The quantitative estimate of drug-likeness (QED) is 0.552. The van der Waals surface area contributed by atoms with Crippen LogP contribution in [-0.4, -0.2) is 32.8 Å². The summed E-state index contributed by atoms with van der Waals surface area (Å²) < 4.78 is 32.9. The molecule has 0 spiro atoms. The van der Waals surface area contributed by atoms with Crippen LogP contribution in [0.4, 0.5) is 0 Å². The second-order valence-corrected chi connectivity index (χ2v) is 9.09. The second kappa shape index (κ2) is 10.2. The Morgan fingerprint density at radius 2 is 1.52 bits per heavy atom. The van der Waals surface area contributed by atoms with Crippen LogP contribution in [-0.2, 0) is 21.4 Å². The van der Waals surface area contributed by atoms with Crippen LogP contribution in [0.25, 0.3) is 0 Å². The molecule has 31 heavy (non-hydrogen) atoms. The van der Waals surface area contributed by atoms with Crippen molar-refractivity contribution in [3.8, 4) is 5.75 Å². The maximum absolute atomic E-state index is 13.2. The molecule has 0 fully saturated rings. The predicted molar refractivity (Wildman–Crippen MR) is 120 cm³/mol. The van der Waals surface area contributed by atoms with Gasteiger partial charge in [0.1, 0.15) is 5.75 Å². The second-order valence-electron chi connectivity index (χ2n) is 7.09. The standard InChI is InChI=1S/C24H26N2O4S/c1-26(31(28,29)22-11-7-4-8-12-22)23(20-13-15-21(30-2)16-14-20)17-24(27)25-18-19-9-5-3-6-10-19/h3-16,23H,17-18H2,1-2H3,(H,25,27)/t23-/m0/s1. The first kappa shape index (κ1) is 22.5. The van der Waals surface area contributed by atoms with E-state index >= 15 is 0 Å². The molecule has 0 aliphatic heterocycles. The summed E-state index contributed by atoms with van der Waals surface area (Å²) in [5.74, 6) is 0.421. The van der Waals surface area contributed by atoms with Crippen molar-refractivity contribution in [3.05, 3.63) is 96.1 Å². The van der Waals surface area contributed by atoms with Crippen LogP contribution in [0.1, 0.15) is 23.6 Å². The zero-order valence-electron chi connectivity index (χ0n) is 17.6. The minimum atomic E-state index is -3.79. The maximum Gasteiger partial charge on any atom is 0.243 e. The molecule has 162 valence electrons. The lowest BCUT2D eigenvalue weighted by atomic mass is 10.0. The molecule has 0 saturated heterocycles. The third-order valence-corrected chi connectivity index (χ3v) is 6.95. The highest BCUT2D eigenvalue weighted by atomic mass is 32.2. The first-order chi connectivity index (χ1) is 14.9. The fourth-order valence-corrected chi connectivity index (χ4v) is 4.62. The lowest BCUT2D eigenvalue weighted by molar-refractivity contribution is -0.122. The van der Waals surface area contributed by atoms with Crippen molar-refractivity contribution in [1.29, 1.82) is 0 Å². The van der Waals surface area contributed by atoms with E-state index in [-0.39, 0.29) is 17.2 Å². The molecule has 0 aliphatic rings. The Bertz CT molecular complexity index is 1090. The normalized spacial score (nSPS) is 12.4. The Morgan fingerprint density at radius 3 is 2.10 bits per heavy atom. The van der Waals surface area contributed by atoms with E-state index in [0.29, 0.717) is 17.9 Å². The Kier molecular flexibility index (Phi) is 7.44. The van der Waals surface area contributed by atoms with Crippen LogP contribution in [0.15, 0.2) is 89.8 Å². The van der Waals surface area contributed by atoms with Gasteiger partial charge in [-0.1, -0.05) is 60.7 Å². The number of hydrogen-bond acceptors (Lipinski definition) is 4. The number of carbonyl (C=O) groups is 1. The third kappa shape index (κ3) is 5.71. The van der Waals surface area contributed by atoms with Crippen molar-refractivity contribution < 1.29 is 17.9 Å². The maximum atomic E-state index is 13.2. The van der Waals surface area contributed by atoms with Gasteiger partial charge in [-0.25, -0.2) is 8.42 Å². The largest absolute Gasteiger partial charge is 0.497 e. The average molecular weight is 439 g/mol. The number of amides is 1. The third-order valence-electron chi connectivity index (χ3n) is 5.07. The molecule has 1 atom stereocenters. The van der Waals surface area contributed by atoms with Gasteiger partial charge in [0, 0.05) is 20.0 Å². The van der Waals surface area contributed by atoms with Gasteiger partial charge in [0.25, 0.3) is 0 Å².